The molecular formula is C16H17NO3. The van der Waals surface area contributed by atoms with Gasteiger partial charge in [0.05, 0.1) is 13.2 Å². The number of aliphatic hydroxyl groups is 1. The number of methoxy groups -OCH3 is 1. The first-order chi connectivity index (χ1) is 9.72. The number of hydrogen-bond donors (Lipinski definition) is 2. The van der Waals surface area contributed by atoms with E-state index in [2.05, 4.69) is 5.32 Å². The Bertz CT molecular complexity index is 596. The van der Waals surface area contributed by atoms with Crippen LogP contribution in [-0.4, -0.2) is 18.1 Å². The highest BCUT2D eigenvalue weighted by atomic mass is 16.5. The quantitative estimate of drug-likeness (QED) is 0.878. The van der Waals surface area contributed by atoms with Crippen molar-refractivity contribution in [2.75, 3.05) is 12.4 Å². The molecule has 0 aromatic heterocycles. The Morgan fingerprint density at radius 3 is 2.65 bits per heavy atom. The van der Waals surface area contributed by atoms with Crippen molar-refractivity contribution < 1.29 is 14.6 Å². The molecule has 4 heteroatoms. The molecule has 2 N–H and O–H groups in total. The average molecular weight is 271 g/mol. The molecule has 0 aliphatic rings. The van der Waals surface area contributed by atoms with E-state index < -0.39 is 0 Å². The molecule has 2 aromatic rings. The summed E-state index contributed by atoms with van der Waals surface area (Å²) >= 11 is 0. The van der Waals surface area contributed by atoms with Gasteiger partial charge < -0.3 is 15.2 Å². The Balaban J connectivity index is 2.12. The van der Waals surface area contributed by atoms with E-state index in [1.165, 1.54) is 0 Å². The van der Waals surface area contributed by atoms with E-state index >= 15 is 0 Å². The van der Waals surface area contributed by atoms with E-state index in [1.807, 2.05) is 12.1 Å². The van der Waals surface area contributed by atoms with Crippen LogP contribution >= 0.6 is 0 Å². The summed E-state index contributed by atoms with van der Waals surface area (Å²) in [6.45, 7) is 0.425. The van der Waals surface area contributed by atoms with E-state index in [9.17, 15) is 4.79 Å². The maximum Gasteiger partial charge on any atom is 0.255 e. The number of amides is 1. The molecule has 0 saturated carbocycles. The minimum atomic E-state index is -0.182. The summed E-state index contributed by atoms with van der Waals surface area (Å²) in [5.41, 5.74) is 2.95. The molecule has 0 heterocycles. The zero-order valence-corrected chi connectivity index (χ0v) is 11.3. The van der Waals surface area contributed by atoms with Crippen LogP contribution in [0.5, 0.6) is 0 Å². The molecule has 104 valence electrons. The van der Waals surface area contributed by atoms with Crippen LogP contribution in [0, 0.1) is 0 Å². The van der Waals surface area contributed by atoms with Crippen LogP contribution < -0.4 is 5.32 Å². The number of ether oxygens (including phenoxy) is 1. The number of nitrogens with one attached hydrogen (secondary N) is 1. The van der Waals surface area contributed by atoms with Crippen LogP contribution in [0.4, 0.5) is 5.69 Å². The summed E-state index contributed by atoms with van der Waals surface area (Å²) in [5, 5.41) is 11.9. The van der Waals surface area contributed by atoms with E-state index in [0.29, 0.717) is 17.9 Å². The SMILES string of the molecule is COCc1cccc(C(=O)Nc2cccc(CO)c2)c1. The molecule has 0 saturated heterocycles. The van der Waals surface area contributed by atoms with Crippen molar-refractivity contribution in [3.8, 4) is 0 Å². The lowest BCUT2D eigenvalue weighted by Gasteiger charge is -2.08. The summed E-state index contributed by atoms with van der Waals surface area (Å²) in [6.07, 6.45) is 0. The highest BCUT2D eigenvalue weighted by Crippen LogP contribution is 2.13. The molecule has 0 aliphatic carbocycles. The highest BCUT2D eigenvalue weighted by Gasteiger charge is 2.07. The van der Waals surface area contributed by atoms with Crippen molar-refractivity contribution in [1.82, 2.24) is 0 Å². The van der Waals surface area contributed by atoms with Crippen molar-refractivity contribution in [3.05, 3.63) is 65.2 Å². The number of carbonyl (C=O) groups excluding carboxylic acids is 1. The van der Waals surface area contributed by atoms with Gasteiger partial charge >= 0.3 is 0 Å². The van der Waals surface area contributed by atoms with Crippen LogP contribution in [-0.2, 0) is 18.0 Å². The van der Waals surface area contributed by atoms with Crippen molar-refractivity contribution in [2.45, 2.75) is 13.2 Å². The van der Waals surface area contributed by atoms with Crippen LogP contribution in [0.15, 0.2) is 48.5 Å². The molecule has 2 rings (SSSR count). The summed E-state index contributed by atoms with van der Waals surface area (Å²) in [7, 11) is 1.62. The van der Waals surface area contributed by atoms with Gasteiger partial charge in [0.2, 0.25) is 0 Å². The molecule has 20 heavy (non-hydrogen) atoms. The van der Waals surface area contributed by atoms with Gasteiger partial charge in [0, 0.05) is 18.4 Å². The smallest absolute Gasteiger partial charge is 0.255 e. The van der Waals surface area contributed by atoms with Gasteiger partial charge in [-0.2, -0.15) is 0 Å². The number of aliphatic hydroxyl groups excluding tert-OH is 1. The lowest BCUT2D eigenvalue weighted by Crippen LogP contribution is -2.12. The second-order valence-electron chi connectivity index (χ2n) is 4.45. The molecule has 0 fully saturated rings. The van der Waals surface area contributed by atoms with Gasteiger partial charge in [-0.05, 0) is 35.4 Å². The van der Waals surface area contributed by atoms with Crippen molar-refractivity contribution >= 4 is 11.6 Å². The highest BCUT2D eigenvalue weighted by molar-refractivity contribution is 6.04. The van der Waals surface area contributed by atoms with Gasteiger partial charge in [-0.1, -0.05) is 24.3 Å². The predicted molar refractivity (Wildman–Crippen MR) is 77.5 cm³/mol. The third-order valence-corrected chi connectivity index (χ3v) is 2.87. The van der Waals surface area contributed by atoms with E-state index in [4.69, 9.17) is 9.84 Å². The fourth-order valence-corrected chi connectivity index (χ4v) is 1.92. The molecular weight excluding hydrogens is 254 g/mol. The van der Waals surface area contributed by atoms with E-state index in [-0.39, 0.29) is 12.5 Å². The van der Waals surface area contributed by atoms with Gasteiger partial charge in [0.25, 0.3) is 5.91 Å². The van der Waals surface area contributed by atoms with Crippen LogP contribution in [0.3, 0.4) is 0 Å². The Morgan fingerprint density at radius 2 is 1.90 bits per heavy atom. The molecule has 0 atom stereocenters. The third kappa shape index (κ3) is 3.66. The van der Waals surface area contributed by atoms with Gasteiger partial charge in [-0.15, -0.1) is 0 Å². The monoisotopic (exact) mass is 271 g/mol. The lowest BCUT2D eigenvalue weighted by atomic mass is 10.1. The molecule has 4 nitrogen and oxygen atoms in total. The molecule has 0 spiro atoms. The Hall–Kier alpha value is -2.17. The Kier molecular flexibility index (Phi) is 4.87. The number of hydrogen-bond acceptors (Lipinski definition) is 3. The fraction of sp³-hybridized carbons (Fsp3) is 0.188. The Morgan fingerprint density at radius 1 is 1.15 bits per heavy atom. The number of anilines is 1. The zero-order valence-electron chi connectivity index (χ0n) is 11.3. The largest absolute Gasteiger partial charge is 0.392 e. The van der Waals surface area contributed by atoms with Crippen molar-refractivity contribution in [2.24, 2.45) is 0 Å². The standard InChI is InChI=1S/C16H17NO3/c1-20-11-13-5-2-6-14(8-13)16(19)17-15-7-3-4-12(9-15)10-18/h2-9,18H,10-11H2,1H3,(H,17,19). The second-order valence-corrected chi connectivity index (χ2v) is 4.45. The first-order valence-electron chi connectivity index (χ1n) is 6.32. The molecule has 0 aliphatic heterocycles. The summed E-state index contributed by atoms with van der Waals surface area (Å²) < 4.78 is 5.05. The maximum absolute atomic E-state index is 12.2. The third-order valence-electron chi connectivity index (χ3n) is 2.87. The molecule has 0 unspecified atom stereocenters. The van der Waals surface area contributed by atoms with Gasteiger partial charge in [0.1, 0.15) is 0 Å². The molecule has 0 radical (unpaired) electrons. The van der Waals surface area contributed by atoms with Crippen LogP contribution in [0.2, 0.25) is 0 Å². The van der Waals surface area contributed by atoms with E-state index in [0.717, 1.165) is 11.1 Å². The normalized spacial score (nSPS) is 10.3. The summed E-state index contributed by atoms with van der Waals surface area (Å²) in [6, 6.07) is 14.4. The van der Waals surface area contributed by atoms with E-state index in [1.54, 1.807) is 43.5 Å². The summed E-state index contributed by atoms with van der Waals surface area (Å²) in [5.74, 6) is -0.182. The summed E-state index contributed by atoms with van der Waals surface area (Å²) in [4.78, 5) is 12.2. The first-order valence-corrected chi connectivity index (χ1v) is 6.32. The van der Waals surface area contributed by atoms with Crippen molar-refractivity contribution in [3.63, 3.8) is 0 Å². The topological polar surface area (TPSA) is 58.6 Å². The number of carbonyl (C=O) groups is 1. The first kappa shape index (κ1) is 14.2. The average Bonchev–Trinajstić information content (AvgIpc) is 2.48. The zero-order chi connectivity index (χ0) is 14.4. The van der Waals surface area contributed by atoms with Crippen LogP contribution in [0.25, 0.3) is 0 Å². The van der Waals surface area contributed by atoms with Gasteiger partial charge in [-0.25, -0.2) is 0 Å². The fourth-order valence-electron chi connectivity index (χ4n) is 1.92. The van der Waals surface area contributed by atoms with Crippen molar-refractivity contribution in [1.29, 1.82) is 0 Å². The minimum absolute atomic E-state index is 0.0486. The maximum atomic E-state index is 12.2. The second kappa shape index (κ2) is 6.84. The molecule has 2 aromatic carbocycles. The number of rotatable bonds is 5. The predicted octanol–water partition coefficient (Wildman–Crippen LogP) is 2.58. The Labute approximate surface area is 118 Å². The number of benzene rings is 2. The van der Waals surface area contributed by atoms with Crippen LogP contribution in [0.1, 0.15) is 21.5 Å². The molecule has 1 amide bonds. The lowest BCUT2D eigenvalue weighted by molar-refractivity contribution is 0.102. The van der Waals surface area contributed by atoms with Gasteiger partial charge in [0.15, 0.2) is 0 Å². The molecule has 0 bridgehead atoms. The van der Waals surface area contributed by atoms with Gasteiger partial charge in [-0.3, -0.25) is 4.79 Å². The minimum Gasteiger partial charge on any atom is -0.392 e.